The average molecular weight is 478 g/mol. The number of hydrogen-bond acceptors (Lipinski definition) is 5. The van der Waals surface area contributed by atoms with Crippen LogP contribution in [0.15, 0.2) is 81.9 Å². The minimum atomic E-state index is -0.492. The molecule has 0 atom stereocenters. The number of ether oxygens (including phenoxy) is 3. The van der Waals surface area contributed by atoms with Crippen molar-refractivity contribution >= 4 is 33.9 Å². The smallest absolute Gasteiger partial charge is 0.363 e. The van der Waals surface area contributed by atoms with Crippen molar-refractivity contribution in [3.63, 3.8) is 0 Å². The van der Waals surface area contributed by atoms with Crippen LogP contribution in [0.5, 0.6) is 11.5 Å². The van der Waals surface area contributed by atoms with Crippen LogP contribution in [0.1, 0.15) is 22.3 Å². The van der Waals surface area contributed by atoms with Gasteiger partial charge >= 0.3 is 5.97 Å². The van der Waals surface area contributed by atoms with Crippen LogP contribution in [0, 0.1) is 6.92 Å². The summed E-state index contributed by atoms with van der Waals surface area (Å²) < 4.78 is 17.7. The van der Waals surface area contributed by atoms with Gasteiger partial charge in [-0.2, -0.15) is 0 Å². The fraction of sp³-hybridized carbons (Fsp3) is 0.120. The first-order valence-electron chi connectivity index (χ1n) is 9.67. The molecule has 0 fully saturated rings. The zero-order valence-corrected chi connectivity index (χ0v) is 18.7. The first kappa shape index (κ1) is 20.9. The summed E-state index contributed by atoms with van der Waals surface area (Å²) in [6.45, 7) is 2.46. The van der Waals surface area contributed by atoms with E-state index >= 15 is 0 Å². The molecule has 1 heterocycles. The Hall–Kier alpha value is -3.38. The maximum atomic E-state index is 12.3. The molecule has 4 rings (SSSR count). The van der Waals surface area contributed by atoms with Gasteiger partial charge in [0.25, 0.3) is 0 Å². The molecule has 0 bridgehead atoms. The van der Waals surface area contributed by atoms with E-state index in [0.717, 1.165) is 26.7 Å². The van der Waals surface area contributed by atoms with Crippen molar-refractivity contribution in [1.82, 2.24) is 0 Å². The van der Waals surface area contributed by atoms with Crippen molar-refractivity contribution in [2.45, 2.75) is 13.5 Å². The standard InChI is InChI=1S/C25H20BrNO4/c1-16-6-3-4-7-19(16)15-30-23-13-17(10-11-22(23)29-2)12-21-25(28)31-24(27-21)18-8-5-9-20(26)14-18/h3-14H,15H2,1-2H3. The molecule has 31 heavy (non-hydrogen) atoms. The van der Waals surface area contributed by atoms with Gasteiger partial charge in [0.15, 0.2) is 17.2 Å². The average Bonchev–Trinajstić information content (AvgIpc) is 3.13. The molecule has 5 nitrogen and oxygen atoms in total. The number of esters is 1. The number of aliphatic imine (C=N–C) groups is 1. The summed E-state index contributed by atoms with van der Waals surface area (Å²) in [4.78, 5) is 16.7. The zero-order valence-electron chi connectivity index (χ0n) is 17.1. The number of benzene rings is 3. The Morgan fingerprint density at radius 1 is 1.03 bits per heavy atom. The molecule has 3 aromatic carbocycles. The highest BCUT2D eigenvalue weighted by Crippen LogP contribution is 2.31. The van der Waals surface area contributed by atoms with Gasteiger partial charge in [-0.15, -0.1) is 0 Å². The van der Waals surface area contributed by atoms with Gasteiger partial charge in [0.05, 0.1) is 7.11 Å². The van der Waals surface area contributed by atoms with Crippen molar-refractivity contribution in [2.24, 2.45) is 4.99 Å². The van der Waals surface area contributed by atoms with Crippen LogP contribution in [-0.2, 0) is 16.1 Å². The van der Waals surface area contributed by atoms with Gasteiger partial charge in [0.2, 0.25) is 5.90 Å². The quantitative estimate of drug-likeness (QED) is 0.338. The summed E-state index contributed by atoms with van der Waals surface area (Å²) in [6, 6.07) is 21.0. The molecule has 0 spiro atoms. The van der Waals surface area contributed by atoms with Crippen molar-refractivity contribution in [1.29, 1.82) is 0 Å². The number of aryl methyl sites for hydroxylation is 1. The first-order chi connectivity index (χ1) is 15.0. The number of hydrogen-bond donors (Lipinski definition) is 0. The van der Waals surface area contributed by atoms with Gasteiger partial charge in [-0.3, -0.25) is 0 Å². The minimum absolute atomic E-state index is 0.227. The molecule has 3 aromatic rings. The number of carbonyl (C=O) groups excluding carboxylic acids is 1. The Bertz CT molecular complexity index is 1200. The highest BCUT2D eigenvalue weighted by Gasteiger charge is 2.24. The minimum Gasteiger partial charge on any atom is -0.493 e. The third-order valence-electron chi connectivity index (χ3n) is 4.83. The number of carbonyl (C=O) groups is 1. The van der Waals surface area contributed by atoms with Crippen molar-refractivity contribution in [3.8, 4) is 11.5 Å². The lowest BCUT2D eigenvalue weighted by Gasteiger charge is -2.12. The molecule has 0 unspecified atom stereocenters. The number of nitrogens with zero attached hydrogens (tertiary/aromatic N) is 1. The summed E-state index contributed by atoms with van der Waals surface area (Å²) in [5, 5.41) is 0. The van der Waals surface area contributed by atoms with Gasteiger partial charge in [-0.1, -0.05) is 52.3 Å². The summed E-state index contributed by atoms with van der Waals surface area (Å²) in [6.07, 6.45) is 1.67. The molecule has 0 aromatic heterocycles. The third-order valence-corrected chi connectivity index (χ3v) is 5.32. The Morgan fingerprint density at radius 2 is 1.87 bits per heavy atom. The van der Waals surface area contributed by atoms with E-state index in [2.05, 4.69) is 20.9 Å². The molecule has 0 N–H and O–H groups in total. The van der Waals surface area contributed by atoms with E-state index in [1.54, 1.807) is 19.3 Å². The van der Waals surface area contributed by atoms with Gasteiger partial charge < -0.3 is 14.2 Å². The fourth-order valence-corrected chi connectivity index (χ4v) is 3.53. The maximum absolute atomic E-state index is 12.3. The van der Waals surface area contributed by atoms with Gasteiger partial charge in [-0.25, -0.2) is 9.79 Å². The van der Waals surface area contributed by atoms with E-state index in [-0.39, 0.29) is 11.6 Å². The molecule has 0 saturated carbocycles. The summed E-state index contributed by atoms with van der Waals surface area (Å²) >= 11 is 3.41. The van der Waals surface area contributed by atoms with Gasteiger partial charge in [0, 0.05) is 10.0 Å². The Morgan fingerprint density at radius 3 is 2.65 bits per heavy atom. The topological polar surface area (TPSA) is 57.1 Å². The SMILES string of the molecule is COc1ccc(C=C2N=C(c3cccc(Br)c3)OC2=O)cc1OCc1ccccc1C. The van der Waals surface area contributed by atoms with E-state index < -0.39 is 5.97 Å². The molecule has 0 radical (unpaired) electrons. The summed E-state index contributed by atoms with van der Waals surface area (Å²) in [5.74, 6) is 0.987. The molecule has 0 amide bonds. The second kappa shape index (κ2) is 9.18. The monoisotopic (exact) mass is 477 g/mol. The van der Waals surface area contributed by atoms with Crippen LogP contribution in [0.4, 0.5) is 0 Å². The lowest BCUT2D eigenvalue weighted by molar-refractivity contribution is -0.129. The van der Waals surface area contributed by atoms with Crippen molar-refractivity contribution < 1.29 is 19.0 Å². The second-order valence-corrected chi connectivity index (χ2v) is 7.89. The molecule has 1 aliphatic rings. The van der Waals surface area contributed by atoms with E-state index in [9.17, 15) is 4.79 Å². The van der Waals surface area contributed by atoms with E-state index in [0.29, 0.717) is 18.1 Å². The van der Waals surface area contributed by atoms with Crippen LogP contribution in [0.3, 0.4) is 0 Å². The van der Waals surface area contributed by atoms with Crippen molar-refractivity contribution in [3.05, 3.63) is 99.2 Å². The van der Waals surface area contributed by atoms with Gasteiger partial charge in [0.1, 0.15) is 6.61 Å². The summed E-state index contributed by atoms with van der Waals surface area (Å²) in [5.41, 5.74) is 3.96. The van der Waals surface area contributed by atoms with Crippen LogP contribution in [0.25, 0.3) is 6.08 Å². The van der Waals surface area contributed by atoms with E-state index in [4.69, 9.17) is 14.2 Å². The number of rotatable bonds is 6. The highest BCUT2D eigenvalue weighted by atomic mass is 79.9. The molecular formula is C25H20BrNO4. The predicted octanol–water partition coefficient (Wildman–Crippen LogP) is 5.69. The van der Waals surface area contributed by atoms with Crippen LogP contribution in [0.2, 0.25) is 0 Å². The fourth-order valence-electron chi connectivity index (χ4n) is 3.14. The number of cyclic esters (lactones) is 1. The molecule has 6 heteroatoms. The van der Waals surface area contributed by atoms with Crippen molar-refractivity contribution in [2.75, 3.05) is 7.11 Å². The van der Waals surface area contributed by atoms with E-state index in [1.807, 2.05) is 67.6 Å². The molecular weight excluding hydrogens is 458 g/mol. The summed E-state index contributed by atoms with van der Waals surface area (Å²) in [7, 11) is 1.59. The zero-order chi connectivity index (χ0) is 21.8. The van der Waals surface area contributed by atoms with Gasteiger partial charge in [-0.05, 0) is 60.0 Å². The largest absolute Gasteiger partial charge is 0.493 e. The third kappa shape index (κ3) is 4.86. The Kier molecular flexibility index (Phi) is 6.18. The normalized spacial score (nSPS) is 14.4. The first-order valence-corrected chi connectivity index (χ1v) is 10.5. The lowest BCUT2D eigenvalue weighted by Crippen LogP contribution is -2.05. The highest BCUT2D eigenvalue weighted by molar-refractivity contribution is 9.10. The second-order valence-electron chi connectivity index (χ2n) is 6.97. The number of methoxy groups -OCH3 is 1. The molecule has 0 saturated heterocycles. The number of halogens is 1. The van der Waals surface area contributed by atoms with Crippen LogP contribution < -0.4 is 9.47 Å². The van der Waals surface area contributed by atoms with Crippen LogP contribution >= 0.6 is 15.9 Å². The molecule has 0 aliphatic carbocycles. The lowest BCUT2D eigenvalue weighted by atomic mass is 10.1. The Labute approximate surface area is 189 Å². The maximum Gasteiger partial charge on any atom is 0.363 e. The van der Waals surface area contributed by atoms with E-state index in [1.165, 1.54) is 0 Å². The van der Waals surface area contributed by atoms with Crippen LogP contribution in [-0.4, -0.2) is 19.0 Å². The molecule has 1 aliphatic heterocycles. The molecule has 156 valence electrons. The predicted molar refractivity (Wildman–Crippen MR) is 123 cm³/mol. The Balaban J connectivity index is 1.59.